The second-order valence-electron chi connectivity index (χ2n) is 9.56. The van der Waals surface area contributed by atoms with Gasteiger partial charge in [-0.15, -0.1) is 11.3 Å². The van der Waals surface area contributed by atoms with Crippen molar-refractivity contribution in [3.8, 4) is 0 Å². The van der Waals surface area contributed by atoms with Gasteiger partial charge in [-0.3, -0.25) is 4.90 Å². The zero-order valence-electron chi connectivity index (χ0n) is 21.6. The molecule has 1 saturated heterocycles. The smallest absolute Gasteiger partial charge is 0.266 e. The van der Waals surface area contributed by atoms with Crippen LogP contribution in [0.3, 0.4) is 0 Å². The molecule has 4 aromatic rings. The summed E-state index contributed by atoms with van der Waals surface area (Å²) >= 11 is 7.49. The quantitative estimate of drug-likeness (QED) is 0.254. The second-order valence-corrected chi connectivity index (χ2v) is 12.7. The predicted molar refractivity (Wildman–Crippen MR) is 160 cm³/mol. The number of nitrogens with two attached hydrogens (primary N) is 1. The van der Waals surface area contributed by atoms with Crippen molar-refractivity contribution < 1.29 is 8.42 Å². The maximum atomic E-state index is 13.5. The van der Waals surface area contributed by atoms with Crippen molar-refractivity contribution in [1.82, 2.24) is 14.8 Å². The van der Waals surface area contributed by atoms with Crippen LogP contribution in [0, 0.1) is 0 Å². The highest BCUT2D eigenvalue weighted by atomic mass is 35.5. The van der Waals surface area contributed by atoms with Crippen LogP contribution >= 0.6 is 22.9 Å². The first kappa shape index (κ1) is 27.6. The molecule has 2 heterocycles. The van der Waals surface area contributed by atoms with E-state index < -0.39 is 10.0 Å². The Bertz CT molecular complexity index is 1430. The number of piperazine rings is 1. The van der Waals surface area contributed by atoms with Crippen molar-refractivity contribution in [1.29, 1.82) is 0 Å². The van der Waals surface area contributed by atoms with Gasteiger partial charge >= 0.3 is 0 Å². The molecule has 0 spiro atoms. The summed E-state index contributed by atoms with van der Waals surface area (Å²) in [6, 6.07) is 25.2. The zero-order chi connectivity index (χ0) is 27.2. The van der Waals surface area contributed by atoms with Crippen LogP contribution in [0.1, 0.15) is 23.6 Å². The molecule has 2 N–H and O–H groups in total. The number of aromatic nitrogens is 1. The predicted octanol–water partition coefficient (Wildman–Crippen LogP) is 5.37. The summed E-state index contributed by atoms with van der Waals surface area (Å²) < 4.78 is 28.3. The number of hydrogen-bond acceptors (Lipinski definition) is 7. The summed E-state index contributed by atoms with van der Waals surface area (Å²) in [4.78, 5) is 9.44. The van der Waals surface area contributed by atoms with Crippen molar-refractivity contribution in [2.45, 2.75) is 17.4 Å². The van der Waals surface area contributed by atoms with Gasteiger partial charge in [0.05, 0.1) is 10.9 Å². The lowest BCUT2D eigenvalue weighted by Crippen LogP contribution is -2.48. The van der Waals surface area contributed by atoms with E-state index >= 15 is 0 Å². The lowest BCUT2D eigenvalue weighted by atomic mass is 9.96. The monoisotopic (exact) mass is 581 g/mol. The first-order chi connectivity index (χ1) is 18.9. The van der Waals surface area contributed by atoms with Crippen molar-refractivity contribution in [2.24, 2.45) is 0 Å². The van der Waals surface area contributed by atoms with Gasteiger partial charge in [-0.2, -0.15) is 0 Å². The summed E-state index contributed by atoms with van der Waals surface area (Å²) in [5.41, 5.74) is 8.79. The van der Waals surface area contributed by atoms with Crippen LogP contribution in [-0.4, -0.2) is 62.5 Å². The highest BCUT2D eigenvalue weighted by molar-refractivity contribution is 7.93. The van der Waals surface area contributed by atoms with Gasteiger partial charge in [0.1, 0.15) is 0 Å². The molecule has 204 valence electrons. The number of benzene rings is 3. The number of hydrogen-bond donors (Lipinski definition) is 1. The van der Waals surface area contributed by atoms with Crippen molar-refractivity contribution in [3.63, 3.8) is 0 Å². The number of anilines is 2. The molecular weight excluding hydrogens is 550 g/mol. The third kappa shape index (κ3) is 6.62. The lowest BCUT2D eigenvalue weighted by molar-refractivity contribution is 0.109. The molecule has 5 rings (SSSR count). The Labute approximate surface area is 239 Å². The largest absolute Gasteiger partial charge is 0.399 e. The SMILES string of the molecule is Nc1ccc(S(=O)(=O)N(CCCN2CCN([C@H](c3ccccc3)c3ccc(Cl)cc3)CC2)c2nccs2)cc1. The first-order valence-electron chi connectivity index (χ1n) is 13.0. The number of sulfonamides is 1. The molecule has 1 aliphatic rings. The first-order valence-corrected chi connectivity index (χ1v) is 15.7. The Morgan fingerprint density at radius 3 is 2.23 bits per heavy atom. The van der Waals surface area contributed by atoms with Crippen LogP contribution in [0.2, 0.25) is 5.02 Å². The van der Waals surface area contributed by atoms with E-state index in [0.29, 0.717) is 23.8 Å². The lowest BCUT2D eigenvalue weighted by Gasteiger charge is -2.40. The molecule has 10 heteroatoms. The molecule has 1 aliphatic heterocycles. The van der Waals surface area contributed by atoms with Crippen LogP contribution in [0.4, 0.5) is 10.8 Å². The summed E-state index contributed by atoms with van der Waals surface area (Å²) in [5.74, 6) is 0. The van der Waals surface area contributed by atoms with Gasteiger partial charge in [0.2, 0.25) is 0 Å². The fraction of sp³-hybridized carbons (Fsp3) is 0.276. The third-order valence-corrected chi connectivity index (χ3v) is 9.97. The number of nitrogens with zero attached hydrogens (tertiary/aromatic N) is 4. The van der Waals surface area contributed by atoms with Gasteiger partial charge in [0.25, 0.3) is 10.0 Å². The summed E-state index contributed by atoms with van der Waals surface area (Å²) in [6.45, 7) is 4.84. The summed E-state index contributed by atoms with van der Waals surface area (Å²) in [7, 11) is -3.74. The molecule has 0 amide bonds. The van der Waals surface area contributed by atoms with E-state index in [1.165, 1.54) is 26.8 Å². The molecular formula is C29H32ClN5O2S2. The van der Waals surface area contributed by atoms with E-state index in [1.54, 1.807) is 35.8 Å². The van der Waals surface area contributed by atoms with Crippen molar-refractivity contribution in [2.75, 3.05) is 49.3 Å². The number of nitrogen functional groups attached to an aromatic ring is 1. The second kappa shape index (κ2) is 12.5. The minimum absolute atomic E-state index is 0.163. The molecule has 0 unspecified atom stereocenters. The zero-order valence-corrected chi connectivity index (χ0v) is 24.0. The summed E-state index contributed by atoms with van der Waals surface area (Å²) in [5, 5.41) is 3.01. The molecule has 0 radical (unpaired) electrons. The fourth-order valence-electron chi connectivity index (χ4n) is 5.00. The maximum Gasteiger partial charge on any atom is 0.266 e. The highest BCUT2D eigenvalue weighted by Gasteiger charge is 2.29. The molecule has 3 aromatic carbocycles. The van der Waals surface area contributed by atoms with Gasteiger partial charge < -0.3 is 10.6 Å². The average molecular weight is 582 g/mol. The Morgan fingerprint density at radius 2 is 1.59 bits per heavy atom. The van der Waals surface area contributed by atoms with Gasteiger partial charge in [-0.1, -0.05) is 54.1 Å². The molecule has 39 heavy (non-hydrogen) atoms. The molecule has 0 saturated carbocycles. The van der Waals surface area contributed by atoms with Gasteiger partial charge in [-0.25, -0.2) is 17.7 Å². The Morgan fingerprint density at radius 1 is 0.923 bits per heavy atom. The van der Waals surface area contributed by atoms with E-state index in [-0.39, 0.29) is 10.9 Å². The van der Waals surface area contributed by atoms with E-state index in [0.717, 1.165) is 37.7 Å². The van der Waals surface area contributed by atoms with E-state index in [9.17, 15) is 8.42 Å². The van der Waals surface area contributed by atoms with Crippen LogP contribution in [-0.2, 0) is 10.0 Å². The Balaban J connectivity index is 1.22. The average Bonchev–Trinajstić information content (AvgIpc) is 3.48. The van der Waals surface area contributed by atoms with E-state index in [4.69, 9.17) is 17.3 Å². The Hall–Kier alpha value is -2.95. The van der Waals surface area contributed by atoms with Crippen LogP contribution in [0.5, 0.6) is 0 Å². The molecule has 0 aliphatic carbocycles. The topological polar surface area (TPSA) is 82.8 Å². The van der Waals surface area contributed by atoms with Crippen molar-refractivity contribution >= 4 is 43.8 Å². The minimum Gasteiger partial charge on any atom is -0.399 e. The van der Waals surface area contributed by atoms with Crippen LogP contribution < -0.4 is 10.0 Å². The minimum atomic E-state index is -3.74. The fourth-order valence-corrected chi connectivity index (χ4v) is 7.48. The normalized spacial score (nSPS) is 15.7. The molecule has 1 aromatic heterocycles. The van der Waals surface area contributed by atoms with E-state index in [2.05, 4.69) is 51.2 Å². The van der Waals surface area contributed by atoms with Crippen LogP contribution in [0.15, 0.2) is 95.3 Å². The molecule has 1 atom stereocenters. The van der Waals surface area contributed by atoms with Crippen LogP contribution in [0.25, 0.3) is 0 Å². The van der Waals surface area contributed by atoms with E-state index in [1.807, 2.05) is 18.2 Å². The standard InChI is InChI=1S/C29H32ClN5O2S2/c30-25-9-7-24(8-10-25)28(23-5-2-1-3-6-23)34-20-18-33(19-21-34)16-4-17-35(29-32-15-22-38-29)39(36,37)27-13-11-26(31)12-14-27/h1-3,5-15,22,28H,4,16-21,31H2/t28-/m1/s1. The number of rotatable bonds is 10. The molecule has 0 bridgehead atoms. The van der Waals surface area contributed by atoms with Gasteiger partial charge in [0, 0.05) is 55.0 Å². The summed E-state index contributed by atoms with van der Waals surface area (Å²) in [6.07, 6.45) is 2.33. The number of thiazole rings is 1. The van der Waals surface area contributed by atoms with Gasteiger partial charge in [0.15, 0.2) is 5.13 Å². The number of halogens is 1. The molecule has 1 fully saturated rings. The van der Waals surface area contributed by atoms with Gasteiger partial charge in [-0.05, 0) is 60.5 Å². The Kier molecular flexibility index (Phi) is 8.84. The maximum absolute atomic E-state index is 13.5. The highest BCUT2D eigenvalue weighted by Crippen LogP contribution is 2.31. The van der Waals surface area contributed by atoms with Crippen molar-refractivity contribution in [3.05, 3.63) is 107 Å². The third-order valence-electron chi connectivity index (χ3n) is 7.01. The molecule has 7 nitrogen and oxygen atoms in total.